The molecule has 4 aromatic rings. The molecule has 208 valence electrons. The van der Waals surface area contributed by atoms with Gasteiger partial charge in [-0.2, -0.15) is 4.68 Å². The number of aromatic nitrogens is 2. The Morgan fingerprint density at radius 2 is 1.80 bits per heavy atom. The van der Waals surface area contributed by atoms with Crippen molar-refractivity contribution in [2.75, 3.05) is 44.8 Å². The van der Waals surface area contributed by atoms with Crippen molar-refractivity contribution in [2.24, 2.45) is 0 Å². The van der Waals surface area contributed by atoms with E-state index in [1.807, 2.05) is 30.3 Å². The zero-order valence-electron chi connectivity index (χ0n) is 21.8. The van der Waals surface area contributed by atoms with Gasteiger partial charge in [-0.25, -0.2) is 9.18 Å². The lowest BCUT2D eigenvalue weighted by Gasteiger charge is -2.31. The van der Waals surface area contributed by atoms with E-state index in [4.69, 9.17) is 9.47 Å². The van der Waals surface area contributed by atoms with Crippen molar-refractivity contribution >= 4 is 45.3 Å². The maximum Gasteiger partial charge on any atom is 0.436 e. The third-order valence-electron chi connectivity index (χ3n) is 6.41. The van der Waals surface area contributed by atoms with Crippen molar-refractivity contribution < 1.29 is 28.2 Å². The average molecular weight is 566 g/mol. The fourth-order valence-electron chi connectivity index (χ4n) is 4.39. The van der Waals surface area contributed by atoms with Crippen LogP contribution in [0.1, 0.15) is 38.6 Å². The Balaban J connectivity index is 1.43. The number of thiophene rings is 1. The number of rotatable bonds is 8. The van der Waals surface area contributed by atoms with Gasteiger partial charge < -0.3 is 20.1 Å². The maximum absolute atomic E-state index is 13.5. The van der Waals surface area contributed by atoms with Crippen molar-refractivity contribution in [3.8, 4) is 0 Å². The summed E-state index contributed by atoms with van der Waals surface area (Å²) in [4.78, 5) is 41.9. The zero-order chi connectivity index (χ0) is 28.1. The molecule has 0 bridgehead atoms. The first-order chi connectivity index (χ1) is 19.4. The minimum Gasteiger partial charge on any atom is -0.448 e. The summed E-state index contributed by atoms with van der Waals surface area (Å²) in [6, 6.07) is 16.1. The lowest BCUT2D eigenvalue weighted by atomic mass is 10.1. The second kappa shape index (κ2) is 12.4. The summed E-state index contributed by atoms with van der Waals surface area (Å²) >= 11 is 1.07. The van der Waals surface area contributed by atoms with Gasteiger partial charge in [-0.3, -0.25) is 14.5 Å². The zero-order valence-corrected chi connectivity index (χ0v) is 22.6. The number of anilines is 1. The van der Waals surface area contributed by atoms with Gasteiger partial charge in [0.2, 0.25) is 0 Å². The predicted octanol–water partition coefficient (Wildman–Crippen LogP) is 4.30. The number of nitrogens with zero attached hydrogens (tertiary/aromatic N) is 3. The summed E-state index contributed by atoms with van der Waals surface area (Å²) in [5.41, 5.74) is 1.18. The Morgan fingerprint density at radius 3 is 2.50 bits per heavy atom. The summed E-state index contributed by atoms with van der Waals surface area (Å²) in [5.74, 6) is -1.25. The number of fused-ring (bicyclic) bond motifs is 1. The molecule has 0 unspecified atom stereocenters. The average Bonchev–Trinajstić information content (AvgIpc) is 3.55. The maximum atomic E-state index is 13.5. The quantitative estimate of drug-likeness (QED) is 0.327. The number of carbonyl (C=O) groups excluding carboxylic acids is 3. The molecule has 0 radical (unpaired) electrons. The fraction of sp³-hybridized carbons (Fsp3) is 0.286. The normalized spacial score (nSPS) is 14.6. The van der Waals surface area contributed by atoms with E-state index in [-0.39, 0.29) is 29.9 Å². The Bertz CT molecular complexity index is 1500. The molecule has 10 nitrogen and oxygen atoms in total. The molecule has 3 heterocycles. The van der Waals surface area contributed by atoms with Crippen LogP contribution in [0.5, 0.6) is 0 Å². The Morgan fingerprint density at radius 1 is 1.07 bits per heavy atom. The van der Waals surface area contributed by atoms with E-state index in [1.54, 1.807) is 13.0 Å². The highest BCUT2D eigenvalue weighted by molar-refractivity contribution is 7.20. The first kappa shape index (κ1) is 27.4. The van der Waals surface area contributed by atoms with Gasteiger partial charge in [0.15, 0.2) is 5.82 Å². The Labute approximate surface area is 233 Å². The number of ether oxygens (including phenoxy) is 2. The van der Waals surface area contributed by atoms with Gasteiger partial charge in [-0.15, -0.1) is 16.4 Å². The highest BCUT2D eigenvalue weighted by atomic mass is 32.1. The summed E-state index contributed by atoms with van der Waals surface area (Å²) in [5, 5.41) is 10.4. The highest BCUT2D eigenvalue weighted by Gasteiger charge is 2.26. The van der Waals surface area contributed by atoms with Gasteiger partial charge in [-0.05, 0) is 42.8 Å². The van der Waals surface area contributed by atoms with E-state index in [0.29, 0.717) is 34.9 Å². The summed E-state index contributed by atoms with van der Waals surface area (Å²) in [7, 11) is 0. The van der Waals surface area contributed by atoms with Crippen LogP contribution in [0.3, 0.4) is 0 Å². The second-order valence-electron chi connectivity index (χ2n) is 9.10. The fourth-order valence-corrected chi connectivity index (χ4v) is 5.40. The molecule has 1 aliphatic heterocycles. The van der Waals surface area contributed by atoms with E-state index in [2.05, 4.69) is 20.6 Å². The molecule has 1 atom stereocenters. The van der Waals surface area contributed by atoms with Crippen LogP contribution in [0, 0.1) is 5.82 Å². The molecule has 2 amide bonds. The van der Waals surface area contributed by atoms with Crippen molar-refractivity contribution in [1.29, 1.82) is 0 Å². The molecule has 2 N–H and O–H groups in total. The molecule has 1 saturated heterocycles. The van der Waals surface area contributed by atoms with Gasteiger partial charge in [0.25, 0.3) is 11.8 Å². The smallest absolute Gasteiger partial charge is 0.436 e. The van der Waals surface area contributed by atoms with Gasteiger partial charge in [0.05, 0.1) is 36.1 Å². The van der Waals surface area contributed by atoms with Crippen LogP contribution in [0.25, 0.3) is 10.2 Å². The molecule has 1 fully saturated rings. The van der Waals surface area contributed by atoms with Crippen molar-refractivity contribution in [2.45, 2.75) is 13.0 Å². The van der Waals surface area contributed by atoms with Crippen LogP contribution in [-0.2, 0) is 9.47 Å². The summed E-state index contributed by atoms with van der Waals surface area (Å²) in [6.45, 7) is 5.23. The number of carbonyl (C=O) groups is 3. The van der Waals surface area contributed by atoms with E-state index >= 15 is 0 Å². The number of benzene rings is 2. The van der Waals surface area contributed by atoms with E-state index < -0.39 is 17.8 Å². The van der Waals surface area contributed by atoms with Crippen LogP contribution < -0.4 is 10.6 Å². The number of amides is 2. The summed E-state index contributed by atoms with van der Waals surface area (Å²) < 4.78 is 24.9. The van der Waals surface area contributed by atoms with Crippen molar-refractivity contribution in [1.82, 2.24) is 20.0 Å². The highest BCUT2D eigenvalue weighted by Crippen LogP contribution is 2.32. The van der Waals surface area contributed by atoms with E-state index in [9.17, 15) is 18.8 Å². The number of hydrogen-bond donors (Lipinski definition) is 2. The molecule has 0 saturated carbocycles. The topological polar surface area (TPSA) is 115 Å². The molecule has 2 aromatic heterocycles. The van der Waals surface area contributed by atoms with E-state index in [0.717, 1.165) is 34.7 Å². The molecule has 0 aliphatic carbocycles. The van der Waals surface area contributed by atoms with Crippen LogP contribution in [0.2, 0.25) is 0 Å². The molecule has 1 aliphatic rings. The Hall–Kier alpha value is -4.13. The third kappa shape index (κ3) is 6.19. The van der Waals surface area contributed by atoms with Gasteiger partial charge in [0, 0.05) is 25.2 Å². The van der Waals surface area contributed by atoms with Gasteiger partial charge in [0.1, 0.15) is 10.6 Å². The lowest BCUT2D eigenvalue weighted by molar-refractivity contribution is 0.0332. The van der Waals surface area contributed by atoms with Crippen LogP contribution in [0.4, 0.5) is 15.0 Å². The predicted molar refractivity (Wildman–Crippen MR) is 148 cm³/mol. The third-order valence-corrected chi connectivity index (χ3v) is 7.52. The summed E-state index contributed by atoms with van der Waals surface area (Å²) in [6.07, 6.45) is -0.738. The molecule has 12 heteroatoms. The lowest BCUT2D eigenvalue weighted by Crippen LogP contribution is -2.43. The van der Waals surface area contributed by atoms with Gasteiger partial charge in [-0.1, -0.05) is 30.3 Å². The van der Waals surface area contributed by atoms with Gasteiger partial charge >= 0.3 is 6.09 Å². The molecule has 40 heavy (non-hydrogen) atoms. The standard InChI is InChI=1S/C28H28FN5O5S/c1-2-39-28(37)34-27-21(24(32-34)31-25(35)19-8-10-20(29)11-9-19)16-23(40-27)26(36)30-22(18-6-4-3-5-7-18)17-33-12-14-38-15-13-33/h3-11,16,22H,2,12-15,17H2,1H3,(H,30,36)(H,31,32,35)/t22-/m1/s1. The molecule has 5 rings (SSSR count). The first-order valence-corrected chi connectivity index (χ1v) is 13.7. The van der Waals surface area contributed by atoms with Crippen LogP contribution in [-0.4, -0.2) is 72.0 Å². The minimum absolute atomic E-state index is 0.0839. The number of halogens is 1. The number of nitrogens with one attached hydrogen (secondary N) is 2. The SMILES string of the molecule is CCOC(=O)n1nc(NC(=O)c2ccc(F)cc2)c2cc(C(=O)N[C@H](CN3CCOCC3)c3ccccc3)sc21. The number of hydrogen-bond acceptors (Lipinski definition) is 8. The van der Waals surface area contributed by atoms with Crippen molar-refractivity contribution in [3.05, 3.63) is 82.5 Å². The van der Waals surface area contributed by atoms with Crippen molar-refractivity contribution in [3.63, 3.8) is 0 Å². The molecular weight excluding hydrogens is 537 g/mol. The Kier molecular flexibility index (Phi) is 8.48. The number of morpholine rings is 1. The second-order valence-corrected chi connectivity index (χ2v) is 10.1. The minimum atomic E-state index is -0.738. The molecule has 2 aromatic carbocycles. The molecular formula is C28H28FN5O5S. The largest absolute Gasteiger partial charge is 0.448 e. The van der Waals surface area contributed by atoms with E-state index in [1.165, 1.54) is 24.3 Å². The van der Waals surface area contributed by atoms with Crippen LogP contribution >= 0.6 is 11.3 Å². The monoisotopic (exact) mass is 565 g/mol. The van der Waals surface area contributed by atoms with Crippen LogP contribution in [0.15, 0.2) is 60.7 Å². The molecule has 0 spiro atoms. The first-order valence-electron chi connectivity index (χ1n) is 12.9.